The molecule has 0 spiro atoms. The number of aryl methyl sites for hydroxylation is 1. The molecule has 0 N–H and O–H groups in total. The number of hydrogen-bond donors (Lipinski definition) is 0. The number of fused-ring (bicyclic) bond motifs is 1. The van der Waals surface area contributed by atoms with Gasteiger partial charge in [-0.2, -0.15) is 10.4 Å². The monoisotopic (exact) mass is 364 g/mol. The first kappa shape index (κ1) is 18.3. The molecule has 8 heteroatoms. The maximum atomic E-state index is 12.8. The third-order valence-electron chi connectivity index (χ3n) is 4.67. The van der Waals surface area contributed by atoms with Crippen molar-refractivity contribution in [1.82, 2.24) is 24.2 Å². The van der Waals surface area contributed by atoms with E-state index in [9.17, 15) is 9.59 Å². The molecule has 3 aromatic rings. The topological polar surface area (TPSA) is 96.8 Å². The Morgan fingerprint density at radius 2 is 2.04 bits per heavy atom. The Morgan fingerprint density at radius 3 is 2.67 bits per heavy atom. The van der Waals surface area contributed by atoms with E-state index in [4.69, 9.17) is 5.26 Å². The minimum absolute atomic E-state index is 0.0921. The van der Waals surface area contributed by atoms with E-state index in [0.29, 0.717) is 23.1 Å². The zero-order valence-corrected chi connectivity index (χ0v) is 15.5. The number of amides is 1. The highest BCUT2D eigenvalue weighted by molar-refractivity contribution is 5.77. The molecule has 0 aliphatic rings. The van der Waals surface area contributed by atoms with Crippen LogP contribution in [0.4, 0.5) is 0 Å². The van der Waals surface area contributed by atoms with Crippen LogP contribution in [0.5, 0.6) is 0 Å². The molecule has 0 saturated carbocycles. The number of nitriles is 1. The maximum Gasteiger partial charge on any atom is 0.264 e. The van der Waals surface area contributed by atoms with E-state index in [-0.39, 0.29) is 24.1 Å². The summed E-state index contributed by atoms with van der Waals surface area (Å²) in [5.41, 5.74) is 1.70. The van der Waals surface area contributed by atoms with E-state index < -0.39 is 0 Å². The molecule has 27 heavy (non-hydrogen) atoms. The Hall–Kier alpha value is -3.47. The van der Waals surface area contributed by atoms with Crippen molar-refractivity contribution < 1.29 is 4.79 Å². The molecule has 1 atom stereocenters. The lowest BCUT2D eigenvalue weighted by Gasteiger charge is -2.28. The highest BCUT2D eigenvalue weighted by atomic mass is 16.2. The summed E-state index contributed by atoms with van der Waals surface area (Å²) in [7, 11) is 1.71. The molecular formula is C19H20N6O2. The summed E-state index contributed by atoms with van der Waals surface area (Å²) in [4.78, 5) is 31.3. The van der Waals surface area contributed by atoms with Crippen LogP contribution in [0, 0.1) is 11.3 Å². The molecule has 138 valence electrons. The molecule has 1 aromatic carbocycles. The van der Waals surface area contributed by atoms with Gasteiger partial charge in [0.1, 0.15) is 18.3 Å². The third kappa shape index (κ3) is 3.44. The van der Waals surface area contributed by atoms with E-state index in [0.717, 1.165) is 5.56 Å². The molecule has 1 amide bonds. The largest absolute Gasteiger partial charge is 0.335 e. The maximum absolute atomic E-state index is 12.8. The fourth-order valence-electron chi connectivity index (χ4n) is 3.10. The van der Waals surface area contributed by atoms with Crippen LogP contribution in [0.15, 0.2) is 41.6 Å². The molecule has 0 bridgehead atoms. The Balaban J connectivity index is 1.83. The van der Waals surface area contributed by atoms with Gasteiger partial charge in [0, 0.05) is 13.6 Å². The van der Waals surface area contributed by atoms with Crippen LogP contribution in [0.3, 0.4) is 0 Å². The molecule has 2 heterocycles. The van der Waals surface area contributed by atoms with Crippen molar-refractivity contribution in [3.63, 3.8) is 0 Å². The molecule has 1 unspecified atom stereocenters. The van der Waals surface area contributed by atoms with Crippen LogP contribution in [0.1, 0.15) is 31.0 Å². The van der Waals surface area contributed by atoms with Crippen molar-refractivity contribution in [3.8, 4) is 6.07 Å². The summed E-state index contributed by atoms with van der Waals surface area (Å²) in [6.07, 6.45) is 2.84. The number of benzene rings is 1. The Bertz CT molecular complexity index is 1070. The molecule has 0 radical (unpaired) electrons. The number of carbonyl (C=O) groups excluding carboxylic acids is 1. The lowest BCUT2D eigenvalue weighted by molar-refractivity contribution is -0.133. The molecule has 2 aromatic heterocycles. The van der Waals surface area contributed by atoms with Gasteiger partial charge in [0.05, 0.1) is 23.9 Å². The third-order valence-corrected chi connectivity index (χ3v) is 4.67. The van der Waals surface area contributed by atoms with Crippen molar-refractivity contribution in [2.45, 2.75) is 26.4 Å². The second-order valence-electron chi connectivity index (χ2n) is 6.27. The Kier molecular flexibility index (Phi) is 5.03. The van der Waals surface area contributed by atoms with Gasteiger partial charge in [0.25, 0.3) is 5.56 Å². The van der Waals surface area contributed by atoms with Gasteiger partial charge in [-0.05, 0) is 31.5 Å². The van der Waals surface area contributed by atoms with E-state index in [1.54, 1.807) is 24.1 Å². The summed E-state index contributed by atoms with van der Waals surface area (Å²) in [6.45, 7) is 4.22. The van der Waals surface area contributed by atoms with Gasteiger partial charge >= 0.3 is 0 Å². The number of carbonyl (C=O) groups is 1. The first-order valence-electron chi connectivity index (χ1n) is 8.63. The van der Waals surface area contributed by atoms with E-state index in [1.807, 2.05) is 26.0 Å². The zero-order valence-electron chi connectivity index (χ0n) is 15.5. The lowest BCUT2D eigenvalue weighted by atomic mass is 10.0. The normalized spacial score (nSPS) is 11.9. The van der Waals surface area contributed by atoms with Crippen molar-refractivity contribution in [2.75, 3.05) is 6.54 Å². The first-order valence-corrected chi connectivity index (χ1v) is 8.63. The van der Waals surface area contributed by atoms with Crippen LogP contribution in [0.25, 0.3) is 11.0 Å². The molecular weight excluding hydrogens is 344 g/mol. The number of rotatable bonds is 5. The SMILES string of the molecule is CCN(C(=O)Cn1cnc2c(cnn2C)c1=O)C(C)c1ccc(C#N)cc1. The fourth-order valence-corrected chi connectivity index (χ4v) is 3.10. The van der Waals surface area contributed by atoms with Crippen LogP contribution >= 0.6 is 0 Å². The van der Waals surface area contributed by atoms with Gasteiger partial charge in [-0.15, -0.1) is 0 Å². The predicted octanol–water partition coefficient (Wildman–Crippen LogP) is 1.61. The summed E-state index contributed by atoms with van der Waals surface area (Å²) in [5.74, 6) is -0.179. The standard InChI is InChI=1S/C19H20N6O2/c1-4-25(13(2)15-7-5-14(9-20)6-8-15)17(26)11-24-12-21-18-16(19(24)27)10-22-23(18)3/h5-8,10,12-13H,4,11H2,1-3H3. The van der Waals surface area contributed by atoms with Crippen molar-refractivity contribution in [1.29, 1.82) is 5.26 Å². The van der Waals surface area contributed by atoms with E-state index >= 15 is 0 Å². The quantitative estimate of drug-likeness (QED) is 0.685. The van der Waals surface area contributed by atoms with Crippen LogP contribution in [-0.4, -0.2) is 36.7 Å². The van der Waals surface area contributed by atoms with Crippen LogP contribution in [-0.2, 0) is 18.4 Å². The Morgan fingerprint density at radius 1 is 1.33 bits per heavy atom. The molecule has 8 nitrogen and oxygen atoms in total. The number of nitrogens with zero attached hydrogens (tertiary/aromatic N) is 6. The van der Waals surface area contributed by atoms with E-state index in [2.05, 4.69) is 16.2 Å². The fraction of sp³-hybridized carbons (Fsp3) is 0.316. The molecule has 3 rings (SSSR count). The smallest absolute Gasteiger partial charge is 0.264 e. The second-order valence-corrected chi connectivity index (χ2v) is 6.27. The summed E-state index contributed by atoms with van der Waals surface area (Å²) in [5, 5.41) is 13.3. The van der Waals surface area contributed by atoms with Gasteiger partial charge in [-0.25, -0.2) is 4.98 Å². The summed E-state index contributed by atoms with van der Waals surface area (Å²) < 4.78 is 2.83. The summed E-state index contributed by atoms with van der Waals surface area (Å²) >= 11 is 0. The van der Waals surface area contributed by atoms with Crippen molar-refractivity contribution in [2.24, 2.45) is 7.05 Å². The molecule has 0 aliphatic heterocycles. The van der Waals surface area contributed by atoms with Crippen molar-refractivity contribution in [3.05, 3.63) is 58.3 Å². The number of likely N-dealkylation sites (N-methyl/N-ethyl adjacent to an activating group) is 1. The highest BCUT2D eigenvalue weighted by Gasteiger charge is 2.21. The van der Waals surface area contributed by atoms with Crippen molar-refractivity contribution >= 4 is 16.9 Å². The predicted molar refractivity (Wildman–Crippen MR) is 99.7 cm³/mol. The highest BCUT2D eigenvalue weighted by Crippen LogP contribution is 2.21. The zero-order chi connectivity index (χ0) is 19.6. The number of aromatic nitrogens is 4. The van der Waals surface area contributed by atoms with Gasteiger partial charge in [-0.1, -0.05) is 12.1 Å². The van der Waals surface area contributed by atoms with Gasteiger partial charge in [-0.3, -0.25) is 18.8 Å². The molecule has 0 fully saturated rings. The van der Waals surface area contributed by atoms with E-state index in [1.165, 1.54) is 21.8 Å². The second kappa shape index (κ2) is 7.41. The first-order chi connectivity index (χ1) is 13.0. The minimum atomic E-state index is -0.288. The minimum Gasteiger partial charge on any atom is -0.335 e. The average molecular weight is 364 g/mol. The van der Waals surface area contributed by atoms with Gasteiger partial charge in [0.15, 0.2) is 5.65 Å². The van der Waals surface area contributed by atoms with Crippen LogP contribution in [0.2, 0.25) is 0 Å². The molecule has 0 saturated heterocycles. The van der Waals surface area contributed by atoms with Crippen LogP contribution < -0.4 is 5.56 Å². The van der Waals surface area contributed by atoms with Gasteiger partial charge in [0.2, 0.25) is 5.91 Å². The lowest BCUT2D eigenvalue weighted by Crippen LogP contribution is -2.38. The molecule has 0 aliphatic carbocycles. The average Bonchev–Trinajstić information content (AvgIpc) is 3.06. The number of hydrogen-bond acceptors (Lipinski definition) is 5. The summed E-state index contributed by atoms with van der Waals surface area (Å²) in [6, 6.07) is 9.05. The van der Waals surface area contributed by atoms with Gasteiger partial charge < -0.3 is 4.90 Å². The Labute approximate surface area is 156 Å².